The molecule has 1 unspecified atom stereocenters. The topological polar surface area (TPSA) is 55.6 Å². The lowest BCUT2D eigenvalue weighted by atomic mass is 9.94. The fourth-order valence-corrected chi connectivity index (χ4v) is 4.17. The minimum absolute atomic E-state index is 0.0672. The number of hydrogen-bond acceptors (Lipinski definition) is 4. The second-order valence-corrected chi connectivity index (χ2v) is 8.04. The molecule has 0 saturated carbocycles. The molecule has 3 aromatic rings. The summed E-state index contributed by atoms with van der Waals surface area (Å²) in [6.07, 6.45) is 3.07. The largest absolute Gasteiger partial charge is 0.488 e. The summed E-state index contributed by atoms with van der Waals surface area (Å²) in [6.45, 7) is 6.88. The van der Waals surface area contributed by atoms with Crippen LogP contribution in [0.15, 0.2) is 53.1 Å². The third-order valence-corrected chi connectivity index (χ3v) is 5.84. The third-order valence-electron chi connectivity index (χ3n) is 5.84. The molecule has 0 N–H and O–H groups in total. The predicted octanol–water partition coefficient (Wildman–Crippen LogP) is 5.55. The number of nitrogens with zero attached hydrogens (tertiary/aromatic N) is 2. The van der Waals surface area contributed by atoms with Crippen LogP contribution < -0.4 is 4.74 Å². The number of aryl methyl sites for hydroxylation is 3. The molecule has 0 radical (unpaired) electrons. The molecule has 5 heteroatoms. The summed E-state index contributed by atoms with van der Waals surface area (Å²) in [4.78, 5) is 15.4. The maximum Gasteiger partial charge on any atom is 0.276 e. The van der Waals surface area contributed by atoms with Crippen molar-refractivity contribution >= 4 is 5.91 Å². The number of likely N-dealkylation sites (tertiary alicyclic amines) is 1. The number of piperidine rings is 1. The summed E-state index contributed by atoms with van der Waals surface area (Å²) >= 11 is 0. The lowest BCUT2D eigenvalue weighted by Crippen LogP contribution is -2.39. The molecule has 30 heavy (non-hydrogen) atoms. The molecule has 4 rings (SSSR count). The highest BCUT2D eigenvalue weighted by molar-refractivity contribution is 5.94. The molecule has 1 aliphatic heterocycles. The SMILES string of the molecule is Cc1ccc(OCc2c(C(=O)N3CCCCC3c3ccccc3)noc2C)c(C)c1. The van der Waals surface area contributed by atoms with Gasteiger partial charge in [-0.1, -0.05) is 53.2 Å². The van der Waals surface area contributed by atoms with Crippen molar-refractivity contribution in [2.24, 2.45) is 0 Å². The van der Waals surface area contributed by atoms with Gasteiger partial charge in [0.15, 0.2) is 5.69 Å². The summed E-state index contributed by atoms with van der Waals surface area (Å²) in [5.74, 6) is 1.34. The minimum Gasteiger partial charge on any atom is -0.488 e. The van der Waals surface area contributed by atoms with Crippen molar-refractivity contribution in [1.29, 1.82) is 0 Å². The molecule has 0 bridgehead atoms. The van der Waals surface area contributed by atoms with E-state index in [1.54, 1.807) is 0 Å². The number of amides is 1. The standard InChI is InChI=1S/C25H28N2O3/c1-17-12-13-23(18(2)15-17)29-16-21-19(3)30-26-24(21)25(28)27-14-8-7-11-22(27)20-9-5-4-6-10-20/h4-6,9-10,12-13,15,22H,7-8,11,14,16H2,1-3H3. The summed E-state index contributed by atoms with van der Waals surface area (Å²) < 4.78 is 11.4. The molecule has 1 amide bonds. The Morgan fingerprint density at radius 2 is 1.93 bits per heavy atom. The van der Waals surface area contributed by atoms with E-state index in [2.05, 4.69) is 30.3 Å². The molecular weight excluding hydrogens is 376 g/mol. The molecule has 2 aromatic carbocycles. The molecule has 5 nitrogen and oxygen atoms in total. The van der Waals surface area contributed by atoms with Gasteiger partial charge in [0.25, 0.3) is 5.91 Å². The monoisotopic (exact) mass is 404 g/mol. The highest BCUT2D eigenvalue weighted by Gasteiger charge is 2.32. The molecule has 0 spiro atoms. The smallest absolute Gasteiger partial charge is 0.276 e. The molecule has 1 atom stereocenters. The van der Waals surface area contributed by atoms with Gasteiger partial charge in [0.1, 0.15) is 18.1 Å². The van der Waals surface area contributed by atoms with Gasteiger partial charge < -0.3 is 14.2 Å². The summed E-state index contributed by atoms with van der Waals surface area (Å²) in [6, 6.07) is 16.4. The van der Waals surface area contributed by atoms with Gasteiger partial charge in [0.2, 0.25) is 0 Å². The number of benzene rings is 2. The maximum atomic E-state index is 13.5. The molecule has 2 heterocycles. The average molecular weight is 405 g/mol. The van der Waals surface area contributed by atoms with Crippen LogP contribution in [0, 0.1) is 20.8 Å². The molecule has 156 valence electrons. The van der Waals surface area contributed by atoms with E-state index in [1.165, 1.54) is 11.1 Å². The molecule has 1 aromatic heterocycles. The van der Waals surface area contributed by atoms with Crippen LogP contribution >= 0.6 is 0 Å². The number of hydrogen-bond donors (Lipinski definition) is 0. The van der Waals surface area contributed by atoms with Crippen molar-refractivity contribution in [2.75, 3.05) is 6.54 Å². The molecule has 1 saturated heterocycles. The lowest BCUT2D eigenvalue weighted by molar-refractivity contribution is 0.0598. The highest BCUT2D eigenvalue weighted by atomic mass is 16.5. The van der Waals surface area contributed by atoms with E-state index in [9.17, 15) is 4.79 Å². The second kappa shape index (κ2) is 8.74. The number of carbonyl (C=O) groups excluding carboxylic acids is 1. The maximum absolute atomic E-state index is 13.5. The zero-order valence-electron chi connectivity index (χ0n) is 17.9. The van der Waals surface area contributed by atoms with Crippen molar-refractivity contribution in [1.82, 2.24) is 10.1 Å². The van der Waals surface area contributed by atoms with Crippen molar-refractivity contribution in [2.45, 2.75) is 52.7 Å². The summed E-state index contributed by atoms with van der Waals surface area (Å²) in [5, 5.41) is 4.12. The summed E-state index contributed by atoms with van der Waals surface area (Å²) in [5.41, 5.74) is 4.50. The number of ether oxygens (including phenoxy) is 1. The van der Waals surface area contributed by atoms with Crippen molar-refractivity contribution in [3.63, 3.8) is 0 Å². The Morgan fingerprint density at radius 1 is 1.13 bits per heavy atom. The van der Waals surface area contributed by atoms with Crippen LogP contribution in [0.5, 0.6) is 5.75 Å². The Balaban J connectivity index is 1.57. The number of rotatable bonds is 5. The molecule has 1 aliphatic rings. The van der Waals surface area contributed by atoms with Gasteiger partial charge in [-0.05, 0) is 57.2 Å². The van der Waals surface area contributed by atoms with E-state index < -0.39 is 0 Å². The van der Waals surface area contributed by atoms with Crippen LogP contribution in [0.2, 0.25) is 0 Å². The van der Waals surface area contributed by atoms with Crippen LogP contribution in [0.3, 0.4) is 0 Å². The fourth-order valence-electron chi connectivity index (χ4n) is 4.17. The van der Waals surface area contributed by atoms with Crippen LogP contribution in [-0.2, 0) is 6.61 Å². The Kier molecular flexibility index (Phi) is 5.88. The number of carbonyl (C=O) groups is 1. The first kappa shape index (κ1) is 20.2. The quantitative estimate of drug-likeness (QED) is 0.560. The van der Waals surface area contributed by atoms with Crippen molar-refractivity contribution < 1.29 is 14.1 Å². The fraction of sp³-hybridized carbons (Fsp3) is 0.360. The van der Waals surface area contributed by atoms with E-state index in [0.29, 0.717) is 11.5 Å². The molecule has 1 fully saturated rings. The minimum atomic E-state index is -0.0837. The third kappa shape index (κ3) is 4.11. The predicted molar refractivity (Wildman–Crippen MR) is 116 cm³/mol. The Bertz CT molecular complexity index is 1030. The van der Waals surface area contributed by atoms with E-state index in [0.717, 1.165) is 42.7 Å². The normalized spacial score (nSPS) is 16.5. The Labute approximate surface area is 177 Å². The van der Waals surface area contributed by atoms with E-state index >= 15 is 0 Å². The van der Waals surface area contributed by atoms with E-state index in [1.807, 2.05) is 49.1 Å². The van der Waals surface area contributed by atoms with Gasteiger partial charge in [-0.15, -0.1) is 0 Å². The first-order valence-corrected chi connectivity index (χ1v) is 10.6. The van der Waals surface area contributed by atoms with Crippen molar-refractivity contribution in [3.8, 4) is 5.75 Å². The van der Waals surface area contributed by atoms with Gasteiger partial charge in [-0.2, -0.15) is 0 Å². The van der Waals surface area contributed by atoms with E-state index in [4.69, 9.17) is 9.26 Å². The van der Waals surface area contributed by atoms with Gasteiger partial charge in [-0.3, -0.25) is 4.79 Å². The van der Waals surface area contributed by atoms with Crippen LogP contribution in [0.25, 0.3) is 0 Å². The average Bonchev–Trinajstić information content (AvgIpc) is 3.13. The van der Waals surface area contributed by atoms with Gasteiger partial charge in [0, 0.05) is 6.54 Å². The molecule has 0 aliphatic carbocycles. The van der Waals surface area contributed by atoms with Crippen LogP contribution in [0.4, 0.5) is 0 Å². The number of aromatic nitrogens is 1. The van der Waals surface area contributed by atoms with E-state index in [-0.39, 0.29) is 18.6 Å². The molecular formula is C25H28N2O3. The zero-order chi connectivity index (χ0) is 21.1. The Hall–Kier alpha value is -3.08. The van der Waals surface area contributed by atoms with Gasteiger partial charge in [0.05, 0.1) is 11.6 Å². The second-order valence-electron chi connectivity index (χ2n) is 8.04. The van der Waals surface area contributed by atoms with Crippen LogP contribution in [-0.4, -0.2) is 22.5 Å². The first-order chi connectivity index (χ1) is 14.5. The van der Waals surface area contributed by atoms with Gasteiger partial charge in [-0.25, -0.2) is 0 Å². The lowest BCUT2D eigenvalue weighted by Gasteiger charge is -2.35. The van der Waals surface area contributed by atoms with Crippen LogP contribution in [0.1, 0.15) is 63.8 Å². The van der Waals surface area contributed by atoms with Crippen molar-refractivity contribution in [3.05, 3.63) is 82.2 Å². The first-order valence-electron chi connectivity index (χ1n) is 10.6. The Morgan fingerprint density at radius 3 is 2.70 bits per heavy atom. The van der Waals surface area contributed by atoms with Gasteiger partial charge >= 0.3 is 0 Å². The zero-order valence-corrected chi connectivity index (χ0v) is 17.9. The highest BCUT2D eigenvalue weighted by Crippen LogP contribution is 2.33. The summed E-state index contributed by atoms with van der Waals surface area (Å²) in [7, 11) is 0.